The molecule has 0 fully saturated rings. The van der Waals surface area contributed by atoms with Crippen molar-refractivity contribution in [3.05, 3.63) is 41.6 Å². The Bertz CT molecular complexity index is 627. The number of aromatic nitrogens is 5. The third kappa shape index (κ3) is 1.38. The molecule has 0 N–H and O–H groups in total. The summed E-state index contributed by atoms with van der Waals surface area (Å²) in [4.78, 5) is 4.18. The van der Waals surface area contributed by atoms with Gasteiger partial charge in [0, 0.05) is 17.3 Å². The molecule has 0 unspecified atom stereocenters. The van der Waals surface area contributed by atoms with Crippen molar-refractivity contribution < 1.29 is 0 Å². The minimum atomic E-state index is 0.511. The smallest absolute Gasteiger partial charge is 0.204 e. The predicted octanol–water partition coefficient (Wildman–Crippen LogP) is 1.41. The van der Waals surface area contributed by atoms with Crippen molar-refractivity contribution in [3.63, 3.8) is 0 Å². The van der Waals surface area contributed by atoms with Gasteiger partial charge in [-0.05, 0) is 10.4 Å². The molecule has 0 aromatic carbocycles. The number of pyridine rings is 1. The zero-order chi connectivity index (χ0) is 10.8. The lowest BCUT2D eigenvalue weighted by Gasteiger charge is -2.03. The Morgan fingerprint density at radius 2 is 1.62 bits per heavy atom. The van der Waals surface area contributed by atoms with Gasteiger partial charge in [-0.15, -0.1) is 10.2 Å². The normalized spacial score (nSPS) is 13.5. The molecule has 0 spiro atoms. The van der Waals surface area contributed by atoms with Crippen molar-refractivity contribution in [1.82, 2.24) is 25.6 Å². The van der Waals surface area contributed by atoms with E-state index in [1.54, 1.807) is 6.20 Å². The van der Waals surface area contributed by atoms with E-state index in [-0.39, 0.29) is 0 Å². The summed E-state index contributed by atoms with van der Waals surface area (Å²) in [6.07, 6.45) is 13.5. The number of nitrogens with zero attached hydrogens (tertiary/aromatic N) is 5. The molecule has 76 valence electrons. The minimum Gasteiger partial charge on any atom is -0.233 e. The number of allylic oxidation sites excluding steroid dienone is 4. The molecule has 0 saturated carbocycles. The van der Waals surface area contributed by atoms with E-state index in [1.165, 1.54) is 0 Å². The van der Waals surface area contributed by atoms with Gasteiger partial charge in [-0.1, -0.05) is 36.5 Å². The third-order valence-corrected chi connectivity index (χ3v) is 2.30. The highest BCUT2D eigenvalue weighted by atomic mass is 15.4. The summed E-state index contributed by atoms with van der Waals surface area (Å²) in [5.41, 5.74) is 3.14. The van der Waals surface area contributed by atoms with Gasteiger partial charge in [0.2, 0.25) is 5.65 Å². The molecule has 0 atom stereocenters. The number of rotatable bonds is 0. The molecule has 5 nitrogen and oxygen atoms in total. The molecule has 16 heavy (non-hydrogen) atoms. The van der Waals surface area contributed by atoms with Gasteiger partial charge in [0.05, 0.1) is 0 Å². The van der Waals surface area contributed by atoms with Crippen LogP contribution in [0, 0.1) is 0 Å². The summed E-state index contributed by atoms with van der Waals surface area (Å²) in [5.74, 6) is 0. The lowest BCUT2D eigenvalue weighted by atomic mass is 10.1. The average molecular weight is 209 g/mol. The molecule has 0 bridgehead atoms. The summed E-state index contributed by atoms with van der Waals surface area (Å²) < 4.78 is 0. The van der Waals surface area contributed by atoms with Crippen LogP contribution in [0.5, 0.6) is 0 Å². The van der Waals surface area contributed by atoms with Gasteiger partial charge in [0.1, 0.15) is 5.52 Å². The SMILES string of the molecule is C1=CC=Cc2c(cnc3nnnnc23)C=C1. The molecule has 2 aromatic rings. The second kappa shape index (κ2) is 3.62. The maximum absolute atomic E-state index is 4.18. The molecule has 0 aliphatic heterocycles. The van der Waals surface area contributed by atoms with Crippen LogP contribution in [-0.2, 0) is 0 Å². The van der Waals surface area contributed by atoms with Crippen LogP contribution in [0.15, 0.2) is 30.5 Å². The van der Waals surface area contributed by atoms with Crippen LogP contribution < -0.4 is 0 Å². The number of fused-ring (bicyclic) bond motifs is 3. The third-order valence-electron chi connectivity index (χ3n) is 2.30. The lowest BCUT2D eigenvalue weighted by molar-refractivity contribution is 0.790. The summed E-state index contributed by atoms with van der Waals surface area (Å²) in [7, 11) is 0. The zero-order valence-electron chi connectivity index (χ0n) is 8.28. The predicted molar refractivity (Wildman–Crippen MR) is 60.1 cm³/mol. The summed E-state index contributed by atoms with van der Waals surface area (Å²) in [6, 6.07) is 0. The van der Waals surface area contributed by atoms with Gasteiger partial charge in [-0.2, -0.15) is 0 Å². The van der Waals surface area contributed by atoms with Gasteiger partial charge in [0.15, 0.2) is 0 Å². The molecule has 3 rings (SSSR count). The van der Waals surface area contributed by atoms with Gasteiger partial charge < -0.3 is 0 Å². The fourth-order valence-electron chi connectivity index (χ4n) is 1.56. The average Bonchev–Trinajstić information content (AvgIpc) is 2.29. The van der Waals surface area contributed by atoms with E-state index >= 15 is 0 Å². The highest BCUT2D eigenvalue weighted by Gasteiger charge is 2.07. The minimum absolute atomic E-state index is 0.511. The van der Waals surface area contributed by atoms with E-state index < -0.39 is 0 Å². The van der Waals surface area contributed by atoms with Gasteiger partial charge in [-0.25, -0.2) is 4.98 Å². The van der Waals surface area contributed by atoms with Crippen molar-refractivity contribution in [3.8, 4) is 0 Å². The molecule has 1 aliphatic carbocycles. The van der Waals surface area contributed by atoms with Crippen LogP contribution in [-0.4, -0.2) is 25.6 Å². The topological polar surface area (TPSA) is 64.5 Å². The van der Waals surface area contributed by atoms with Crippen molar-refractivity contribution in [2.24, 2.45) is 0 Å². The van der Waals surface area contributed by atoms with Gasteiger partial charge in [0.25, 0.3) is 0 Å². The lowest BCUT2D eigenvalue weighted by Crippen LogP contribution is -1.98. The van der Waals surface area contributed by atoms with E-state index in [2.05, 4.69) is 25.6 Å². The van der Waals surface area contributed by atoms with Crippen LogP contribution in [0.3, 0.4) is 0 Å². The second-order valence-electron chi connectivity index (χ2n) is 3.28. The Hall–Kier alpha value is -2.43. The Morgan fingerprint density at radius 3 is 2.56 bits per heavy atom. The van der Waals surface area contributed by atoms with Crippen LogP contribution >= 0.6 is 0 Å². The fourth-order valence-corrected chi connectivity index (χ4v) is 1.56. The van der Waals surface area contributed by atoms with Crippen molar-refractivity contribution >= 4 is 23.3 Å². The number of hydrogen-bond donors (Lipinski definition) is 0. The van der Waals surface area contributed by atoms with Crippen molar-refractivity contribution in [2.45, 2.75) is 0 Å². The Morgan fingerprint density at radius 1 is 0.812 bits per heavy atom. The quantitative estimate of drug-likeness (QED) is 0.656. The molecule has 0 saturated heterocycles. The monoisotopic (exact) mass is 209 g/mol. The molecule has 0 amide bonds. The summed E-state index contributed by atoms with van der Waals surface area (Å²) >= 11 is 0. The first-order valence-electron chi connectivity index (χ1n) is 4.81. The van der Waals surface area contributed by atoms with Crippen molar-refractivity contribution in [2.75, 3.05) is 0 Å². The maximum Gasteiger partial charge on any atom is 0.204 e. The molecule has 0 radical (unpaired) electrons. The highest BCUT2D eigenvalue weighted by Crippen LogP contribution is 2.20. The fraction of sp³-hybridized carbons (Fsp3) is 0. The van der Waals surface area contributed by atoms with Crippen LogP contribution in [0.25, 0.3) is 23.3 Å². The standard InChI is InChI=1S/C11H7N5/c1-2-4-6-9-8(5-3-1)7-12-11-10(9)13-15-16-14-11/h1-7H. The summed E-state index contributed by atoms with van der Waals surface area (Å²) in [5, 5.41) is 14.8. The second-order valence-corrected chi connectivity index (χ2v) is 3.28. The van der Waals surface area contributed by atoms with Gasteiger partial charge in [-0.3, -0.25) is 0 Å². The number of hydrogen-bond acceptors (Lipinski definition) is 5. The first-order valence-corrected chi connectivity index (χ1v) is 4.81. The van der Waals surface area contributed by atoms with Crippen LogP contribution in [0.4, 0.5) is 0 Å². The summed E-state index contributed by atoms with van der Waals surface area (Å²) in [6.45, 7) is 0. The van der Waals surface area contributed by atoms with E-state index in [9.17, 15) is 0 Å². The first kappa shape index (κ1) is 8.84. The molecular weight excluding hydrogens is 202 g/mol. The Kier molecular flexibility index (Phi) is 2.00. The van der Waals surface area contributed by atoms with Crippen molar-refractivity contribution in [1.29, 1.82) is 0 Å². The zero-order valence-corrected chi connectivity index (χ0v) is 8.28. The largest absolute Gasteiger partial charge is 0.233 e. The van der Waals surface area contributed by atoms with E-state index in [1.807, 2.05) is 36.5 Å². The molecule has 1 aliphatic rings. The van der Waals surface area contributed by atoms with Crippen LogP contribution in [0.1, 0.15) is 11.1 Å². The Balaban J connectivity index is 2.38. The first-order chi connectivity index (χ1) is 7.95. The molecule has 2 heterocycles. The molecular formula is C11H7N5. The highest BCUT2D eigenvalue weighted by molar-refractivity contribution is 5.86. The Labute approximate surface area is 91.2 Å². The molecule has 2 aromatic heterocycles. The van der Waals surface area contributed by atoms with Crippen LogP contribution in [0.2, 0.25) is 0 Å². The van der Waals surface area contributed by atoms with E-state index in [0.717, 1.165) is 11.1 Å². The van der Waals surface area contributed by atoms with E-state index in [4.69, 9.17) is 0 Å². The van der Waals surface area contributed by atoms with E-state index in [0.29, 0.717) is 11.2 Å². The van der Waals surface area contributed by atoms with Gasteiger partial charge >= 0.3 is 0 Å². The molecule has 5 heteroatoms. The maximum atomic E-state index is 4.18.